The minimum absolute atomic E-state index is 0.0723. The van der Waals surface area contributed by atoms with E-state index in [1.807, 2.05) is 0 Å². The van der Waals surface area contributed by atoms with Gasteiger partial charge in [-0.25, -0.2) is 22.9 Å². The van der Waals surface area contributed by atoms with Crippen LogP contribution in [0.2, 0.25) is 0 Å². The first-order chi connectivity index (χ1) is 12.1. The van der Waals surface area contributed by atoms with Gasteiger partial charge in [0.1, 0.15) is 23.6 Å². The molecule has 0 spiro atoms. The van der Waals surface area contributed by atoms with Gasteiger partial charge in [-0.05, 0) is 25.8 Å². The molecule has 5 nitrogen and oxygen atoms in total. The number of hydrogen-bond donors (Lipinski definition) is 1. The van der Waals surface area contributed by atoms with Crippen LogP contribution in [0.25, 0.3) is 22.3 Å². The summed E-state index contributed by atoms with van der Waals surface area (Å²) < 4.78 is 56.8. The fourth-order valence-electron chi connectivity index (χ4n) is 2.56. The SMILES string of the molecule is CC(C)(C)Nc1c(-c2c(F)cc(F)cc2F)c(F)nc2c1ncc[n+]2[O-]. The molecule has 3 aromatic rings. The lowest BCUT2D eigenvalue weighted by molar-refractivity contribution is -0.579. The van der Waals surface area contributed by atoms with Crippen molar-refractivity contribution in [3.8, 4) is 11.1 Å². The third-order valence-electron chi connectivity index (χ3n) is 3.48. The highest BCUT2D eigenvalue weighted by Crippen LogP contribution is 2.38. The number of nitrogens with zero attached hydrogens (tertiary/aromatic N) is 3. The molecule has 0 amide bonds. The number of anilines is 1. The molecular weight excluding hydrogens is 352 g/mol. The van der Waals surface area contributed by atoms with Crippen molar-refractivity contribution >= 4 is 16.9 Å². The largest absolute Gasteiger partial charge is 0.710 e. The van der Waals surface area contributed by atoms with Crippen molar-refractivity contribution in [3.05, 3.63) is 53.1 Å². The number of nitrogens with one attached hydrogen (secondary N) is 1. The maximum atomic E-state index is 14.7. The Morgan fingerprint density at radius 2 is 1.65 bits per heavy atom. The van der Waals surface area contributed by atoms with E-state index in [1.165, 1.54) is 0 Å². The highest BCUT2D eigenvalue weighted by atomic mass is 19.1. The molecule has 9 heteroatoms. The summed E-state index contributed by atoms with van der Waals surface area (Å²) in [6.45, 7) is 5.19. The Labute approximate surface area is 145 Å². The van der Waals surface area contributed by atoms with Crippen LogP contribution in [0.4, 0.5) is 23.2 Å². The van der Waals surface area contributed by atoms with Crippen LogP contribution < -0.4 is 10.0 Å². The quantitative estimate of drug-likeness (QED) is 0.325. The zero-order valence-corrected chi connectivity index (χ0v) is 14.1. The van der Waals surface area contributed by atoms with E-state index in [-0.39, 0.29) is 16.9 Å². The highest BCUT2D eigenvalue weighted by Gasteiger charge is 2.30. The molecule has 0 saturated heterocycles. The zero-order chi connectivity index (χ0) is 19.2. The van der Waals surface area contributed by atoms with Gasteiger partial charge in [0, 0.05) is 17.7 Å². The number of halogens is 4. The van der Waals surface area contributed by atoms with Gasteiger partial charge in [0.15, 0.2) is 5.52 Å². The van der Waals surface area contributed by atoms with Crippen LogP contribution in [-0.2, 0) is 0 Å². The standard InChI is InChI=1S/C17H14F4N4O/c1-17(2,3)24-13-12(11-9(19)6-8(18)7-10(11)20)15(21)23-16-14(13)22-4-5-25(16)26/h4-7H,1-3H3,(H,23,24). The molecule has 0 bridgehead atoms. The minimum atomic E-state index is -1.30. The molecule has 26 heavy (non-hydrogen) atoms. The van der Waals surface area contributed by atoms with E-state index in [0.29, 0.717) is 16.9 Å². The van der Waals surface area contributed by atoms with Gasteiger partial charge in [0.2, 0.25) is 0 Å². The van der Waals surface area contributed by atoms with Crippen LogP contribution in [0, 0.1) is 28.6 Å². The van der Waals surface area contributed by atoms with Crippen molar-refractivity contribution in [2.24, 2.45) is 0 Å². The molecular formula is C17H14F4N4O. The highest BCUT2D eigenvalue weighted by molar-refractivity contribution is 5.95. The lowest BCUT2D eigenvalue weighted by Crippen LogP contribution is -2.31. The molecule has 0 fully saturated rings. The maximum absolute atomic E-state index is 14.7. The smallest absolute Gasteiger partial charge is 0.357 e. The first-order valence-electron chi connectivity index (χ1n) is 7.59. The van der Waals surface area contributed by atoms with Crippen LogP contribution in [0.5, 0.6) is 0 Å². The van der Waals surface area contributed by atoms with Crippen LogP contribution in [-0.4, -0.2) is 15.5 Å². The van der Waals surface area contributed by atoms with E-state index >= 15 is 0 Å². The van der Waals surface area contributed by atoms with Crippen LogP contribution in [0.3, 0.4) is 0 Å². The van der Waals surface area contributed by atoms with Crippen molar-refractivity contribution in [2.45, 2.75) is 26.3 Å². The van der Waals surface area contributed by atoms with E-state index in [2.05, 4.69) is 15.3 Å². The number of fused-ring (bicyclic) bond motifs is 1. The molecule has 0 aliphatic rings. The summed E-state index contributed by atoms with van der Waals surface area (Å²) in [6, 6.07) is 0.879. The lowest BCUT2D eigenvalue weighted by atomic mass is 10.0. The van der Waals surface area contributed by atoms with Gasteiger partial charge >= 0.3 is 11.6 Å². The summed E-state index contributed by atoms with van der Waals surface area (Å²) in [6.07, 6.45) is 2.18. The molecule has 0 aliphatic heterocycles. The maximum Gasteiger partial charge on any atom is 0.357 e. The Kier molecular flexibility index (Phi) is 4.17. The van der Waals surface area contributed by atoms with E-state index in [9.17, 15) is 22.8 Å². The Morgan fingerprint density at radius 3 is 2.23 bits per heavy atom. The van der Waals surface area contributed by atoms with Gasteiger partial charge in [-0.1, -0.05) is 0 Å². The molecule has 0 atom stereocenters. The second-order valence-electron chi connectivity index (χ2n) is 6.70. The van der Waals surface area contributed by atoms with Gasteiger partial charge in [-0.3, -0.25) is 0 Å². The molecule has 1 aromatic carbocycles. The summed E-state index contributed by atoms with van der Waals surface area (Å²) in [5.41, 5.74) is -2.59. The Bertz CT molecular complexity index is 995. The second kappa shape index (κ2) is 6.08. The molecule has 0 saturated carbocycles. The Morgan fingerprint density at radius 1 is 1.04 bits per heavy atom. The number of pyridine rings is 1. The minimum Gasteiger partial charge on any atom is -0.710 e. The number of hydrogen-bond acceptors (Lipinski definition) is 4. The van der Waals surface area contributed by atoms with Crippen molar-refractivity contribution in [1.82, 2.24) is 9.97 Å². The molecule has 0 radical (unpaired) electrons. The van der Waals surface area contributed by atoms with Crippen molar-refractivity contribution in [3.63, 3.8) is 0 Å². The van der Waals surface area contributed by atoms with Crippen LogP contribution in [0.15, 0.2) is 24.5 Å². The number of rotatable bonds is 2. The topological polar surface area (TPSA) is 64.8 Å². The van der Waals surface area contributed by atoms with E-state index in [4.69, 9.17) is 0 Å². The second-order valence-corrected chi connectivity index (χ2v) is 6.70. The molecule has 2 heterocycles. The van der Waals surface area contributed by atoms with E-state index in [1.54, 1.807) is 20.8 Å². The first-order valence-corrected chi connectivity index (χ1v) is 7.59. The Balaban J connectivity index is 2.46. The monoisotopic (exact) mass is 366 g/mol. The average Bonchev–Trinajstić information content (AvgIpc) is 2.49. The predicted octanol–water partition coefficient (Wildman–Crippen LogP) is 3.70. The first kappa shape index (κ1) is 17.8. The number of aromatic nitrogens is 3. The molecule has 0 unspecified atom stereocenters. The van der Waals surface area contributed by atoms with Gasteiger partial charge < -0.3 is 10.5 Å². The summed E-state index contributed by atoms with van der Waals surface area (Å²) >= 11 is 0. The molecule has 1 N–H and O–H groups in total. The van der Waals surface area contributed by atoms with Crippen molar-refractivity contribution in [2.75, 3.05) is 5.32 Å². The van der Waals surface area contributed by atoms with Gasteiger partial charge in [-0.15, -0.1) is 0 Å². The van der Waals surface area contributed by atoms with Gasteiger partial charge in [-0.2, -0.15) is 4.39 Å². The van der Waals surface area contributed by atoms with Crippen LogP contribution in [0.1, 0.15) is 20.8 Å². The summed E-state index contributed by atoms with van der Waals surface area (Å²) in [5.74, 6) is -5.03. The number of benzene rings is 1. The predicted molar refractivity (Wildman–Crippen MR) is 87.1 cm³/mol. The summed E-state index contributed by atoms with van der Waals surface area (Å²) in [7, 11) is 0. The fraction of sp³-hybridized carbons (Fsp3) is 0.235. The zero-order valence-electron chi connectivity index (χ0n) is 14.1. The average molecular weight is 366 g/mol. The van der Waals surface area contributed by atoms with Crippen molar-refractivity contribution in [1.29, 1.82) is 0 Å². The van der Waals surface area contributed by atoms with E-state index < -0.39 is 40.1 Å². The third kappa shape index (κ3) is 3.12. The van der Waals surface area contributed by atoms with Crippen molar-refractivity contribution < 1.29 is 22.3 Å². The molecule has 136 valence electrons. The normalized spacial score (nSPS) is 11.8. The van der Waals surface area contributed by atoms with Crippen LogP contribution >= 0.6 is 0 Å². The fourth-order valence-corrected chi connectivity index (χ4v) is 2.56. The van der Waals surface area contributed by atoms with E-state index in [0.717, 1.165) is 12.4 Å². The molecule has 0 aliphatic carbocycles. The Hall–Kier alpha value is -2.97. The molecule has 3 rings (SSSR count). The summed E-state index contributed by atoms with van der Waals surface area (Å²) in [4.78, 5) is 7.50. The van der Waals surface area contributed by atoms with Gasteiger partial charge in [0.05, 0.1) is 23.0 Å². The van der Waals surface area contributed by atoms with Gasteiger partial charge in [0.25, 0.3) is 0 Å². The molecule has 2 aromatic heterocycles. The lowest BCUT2D eigenvalue weighted by Gasteiger charge is -2.24. The summed E-state index contributed by atoms with van der Waals surface area (Å²) in [5, 5.41) is 14.8. The third-order valence-corrected chi connectivity index (χ3v) is 3.48.